The lowest BCUT2D eigenvalue weighted by atomic mass is 10.1. The number of hydrogen-bond acceptors (Lipinski definition) is 3. The van der Waals surface area contributed by atoms with Crippen molar-refractivity contribution in [1.82, 2.24) is 4.72 Å². The molecule has 2 rings (SSSR count). The molecule has 0 heterocycles. The Bertz CT molecular complexity index is 650. The largest absolute Gasteiger partial charge is 0.496 e. The number of nitrogens with one attached hydrogen (secondary N) is 1. The van der Waals surface area contributed by atoms with Crippen LogP contribution < -0.4 is 9.46 Å². The molecule has 17 heavy (non-hydrogen) atoms. The second-order valence-corrected chi connectivity index (χ2v) is 5.44. The third kappa shape index (κ3) is 2.11. The van der Waals surface area contributed by atoms with Gasteiger partial charge in [0.2, 0.25) is 10.0 Å². The molecular formula is C12H13NO3S. The molecule has 0 fully saturated rings. The summed E-state index contributed by atoms with van der Waals surface area (Å²) in [5.74, 6) is 0.553. The number of hydrogen-bond donors (Lipinski definition) is 1. The van der Waals surface area contributed by atoms with E-state index in [9.17, 15) is 8.42 Å². The fourth-order valence-corrected chi connectivity index (χ4v) is 2.47. The fraction of sp³-hybridized carbons (Fsp3) is 0.167. The first-order valence-corrected chi connectivity index (χ1v) is 6.57. The van der Waals surface area contributed by atoms with Gasteiger partial charge in [0.25, 0.3) is 0 Å². The molecule has 0 amide bonds. The van der Waals surface area contributed by atoms with Gasteiger partial charge in [0, 0.05) is 11.5 Å². The van der Waals surface area contributed by atoms with E-state index in [2.05, 4.69) is 4.72 Å². The Balaban J connectivity index is 2.78. The van der Waals surface area contributed by atoms with E-state index >= 15 is 0 Å². The van der Waals surface area contributed by atoms with Crippen molar-refractivity contribution in [3.63, 3.8) is 0 Å². The number of sulfonamides is 1. The van der Waals surface area contributed by atoms with Crippen molar-refractivity contribution in [2.24, 2.45) is 0 Å². The smallest absolute Gasteiger partial charge is 0.240 e. The molecule has 2 aromatic rings. The summed E-state index contributed by atoms with van der Waals surface area (Å²) in [6.45, 7) is 0. The molecule has 4 nitrogen and oxygen atoms in total. The first-order valence-electron chi connectivity index (χ1n) is 5.09. The highest BCUT2D eigenvalue weighted by atomic mass is 32.2. The van der Waals surface area contributed by atoms with Crippen LogP contribution in [-0.4, -0.2) is 22.6 Å². The van der Waals surface area contributed by atoms with Crippen LogP contribution in [0.2, 0.25) is 0 Å². The van der Waals surface area contributed by atoms with Gasteiger partial charge >= 0.3 is 0 Å². The van der Waals surface area contributed by atoms with Gasteiger partial charge in [-0.05, 0) is 18.5 Å². The van der Waals surface area contributed by atoms with E-state index < -0.39 is 10.0 Å². The highest BCUT2D eigenvalue weighted by Crippen LogP contribution is 2.29. The standard InChI is InChI=1S/C12H13NO3S/c1-13-17(14,15)10-7-9-5-3-4-6-11(9)12(8-10)16-2/h3-8,13H,1-2H3. The number of methoxy groups -OCH3 is 1. The highest BCUT2D eigenvalue weighted by Gasteiger charge is 2.14. The minimum absolute atomic E-state index is 0.204. The van der Waals surface area contributed by atoms with Crippen molar-refractivity contribution in [3.05, 3.63) is 36.4 Å². The molecule has 1 N–H and O–H groups in total. The van der Waals surface area contributed by atoms with Crippen molar-refractivity contribution in [2.45, 2.75) is 4.90 Å². The second-order valence-electron chi connectivity index (χ2n) is 3.55. The SMILES string of the molecule is CNS(=O)(=O)c1cc(OC)c2ccccc2c1. The molecule has 2 aromatic carbocycles. The van der Waals surface area contributed by atoms with Crippen molar-refractivity contribution in [1.29, 1.82) is 0 Å². The maximum Gasteiger partial charge on any atom is 0.240 e. The Kier molecular flexibility index (Phi) is 3.04. The topological polar surface area (TPSA) is 55.4 Å². The Morgan fingerprint density at radius 2 is 1.88 bits per heavy atom. The minimum atomic E-state index is -3.45. The monoisotopic (exact) mass is 251 g/mol. The number of ether oxygens (including phenoxy) is 1. The van der Waals surface area contributed by atoms with Gasteiger partial charge < -0.3 is 4.74 Å². The number of benzene rings is 2. The molecular weight excluding hydrogens is 238 g/mol. The van der Waals surface area contributed by atoms with E-state index in [-0.39, 0.29) is 4.90 Å². The van der Waals surface area contributed by atoms with Crippen LogP contribution in [0.3, 0.4) is 0 Å². The van der Waals surface area contributed by atoms with Crippen molar-refractivity contribution in [2.75, 3.05) is 14.2 Å². The van der Waals surface area contributed by atoms with Crippen LogP contribution >= 0.6 is 0 Å². The van der Waals surface area contributed by atoms with Gasteiger partial charge in [0.1, 0.15) is 5.75 Å². The lowest BCUT2D eigenvalue weighted by Gasteiger charge is -2.09. The van der Waals surface area contributed by atoms with E-state index in [1.165, 1.54) is 20.2 Å². The Morgan fingerprint density at radius 1 is 1.18 bits per heavy atom. The molecule has 0 bridgehead atoms. The van der Waals surface area contributed by atoms with Crippen LogP contribution in [0, 0.1) is 0 Å². The van der Waals surface area contributed by atoms with Crippen LogP contribution in [0.5, 0.6) is 5.75 Å². The Morgan fingerprint density at radius 3 is 2.53 bits per heavy atom. The summed E-state index contributed by atoms with van der Waals surface area (Å²) in [5.41, 5.74) is 0. The minimum Gasteiger partial charge on any atom is -0.496 e. The Labute approximate surface area is 100 Å². The van der Waals surface area contributed by atoms with E-state index in [0.717, 1.165) is 10.8 Å². The van der Waals surface area contributed by atoms with Gasteiger partial charge in [0.15, 0.2) is 0 Å². The lowest BCUT2D eigenvalue weighted by Crippen LogP contribution is -2.18. The molecule has 5 heteroatoms. The summed E-state index contributed by atoms with van der Waals surface area (Å²) in [7, 11) is -0.541. The summed E-state index contributed by atoms with van der Waals surface area (Å²) in [4.78, 5) is 0.204. The maximum absolute atomic E-state index is 11.7. The van der Waals surface area contributed by atoms with E-state index in [4.69, 9.17) is 4.74 Å². The summed E-state index contributed by atoms with van der Waals surface area (Å²) in [6.07, 6.45) is 0. The third-order valence-corrected chi connectivity index (χ3v) is 3.99. The van der Waals surface area contributed by atoms with Crippen LogP contribution in [0.1, 0.15) is 0 Å². The molecule has 0 aliphatic heterocycles. The quantitative estimate of drug-likeness (QED) is 0.904. The van der Waals surface area contributed by atoms with Crippen LogP contribution in [-0.2, 0) is 10.0 Å². The number of rotatable bonds is 3. The average molecular weight is 251 g/mol. The molecule has 0 aromatic heterocycles. The maximum atomic E-state index is 11.7. The molecule has 0 saturated carbocycles. The van der Waals surface area contributed by atoms with Gasteiger partial charge in [-0.2, -0.15) is 0 Å². The van der Waals surface area contributed by atoms with Gasteiger partial charge in [-0.15, -0.1) is 0 Å². The summed E-state index contributed by atoms with van der Waals surface area (Å²) < 4.78 is 31.0. The molecule has 0 atom stereocenters. The zero-order valence-corrected chi connectivity index (χ0v) is 10.4. The summed E-state index contributed by atoms with van der Waals surface area (Å²) in [5, 5.41) is 1.73. The Hall–Kier alpha value is -1.59. The summed E-state index contributed by atoms with van der Waals surface area (Å²) >= 11 is 0. The zero-order valence-electron chi connectivity index (χ0n) is 9.60. The predicted octanol–water partition coefficient (Wildman–Crippen LogP) is 1.76. The normalized spacial score (nSPS) is 11.6. The average Bonchev–Trinajstić information content (AvgIpc) is 2.37. The first-order chi connectivity index (χ1) is 8.08. The van der Waals surface area contributed by atoms with Crippen molar-refractivity contribution in [3.8, 4) is 5.75 Å². The summed E-state index contributed by atoms with van der Waals surface area (Å²) in [6, 6.07) is 10.6. The van der Waals surface area contributed by atoms with E-state index in [1.807, 2.05) is 24.3 Å². The van der Waals surface area contributed by atoms with Crippen LogP contribution in [0.4, 0.5) is 0 Å². The number of fused-ring (bicyclic) bond motifs is 1. The fourth-order valence-electron chi connectivity index (χ4n) is 1.69. The highest BCUT2D eigenvalue weighted by molar-refractivity contribution is 7.89. The van der Waals surface area contributed by atoms with Crippen molar-refractivity contribution >= 4 is 20.8 Å². The van der Waals surface area contributed by atoms with Crippen LogP contribution in [0.25, 0.3) is 10.8 Å². The van der Waals surface area contributed by atoms with Crippen LogP contribution in [0.15, 0.2) is 41.3 Å². The molecule has 0 aliphatic carbocycles. The zero-order chi connectivity index (χ0) is 12.5. The predicted molar refractivity (Wildman–Crippen MR) is 66.7 cm³/mol. The molecule has 0 aliphatic rings. The first kappa shape index (κ1) is 11.9. The van der Waals surface area contributed by atoms with E-state index in [0.29, 0.717) is 5.75 Å². The van der Waals surface area contributed by atoms with E-state index in [1.54, 1.807) is 6.07 Å². The van der Waals surface area contributed by atoms with Gasteiger partial charge in [-0.3, -0.25) is 0 Å². The van der Waals surface area contributed by atoms with Gasteiger partial charge in [-0.25, -0.2) is 13.1 Å². The lowest BCUT2D eigenvalue weighted by molar-refractivity contribution is 0.418. The second kappa shape index (κ2) is 4.35. The third-order valence-electron chi connectivity index (χ3n) is 2.60. The van der Waals surface area contributed by atoms with Gasteiger partial charge in [0.05, 0.1) is 12.0 Å². The van der Waals surface area contributed by atoms with Gasteiger partial charge in [-0.1, -0.05) is 24.3 Å². The molecule has 0 radical (unpaired) electrons. The molecule has 0 saturated heterocycles. The molecule has 0 spiro atoms. The van der Waals surface area contributed by atoms with Crippen molar-refractivity contribution < 1.29 is 13.2 Å². The molecule has 90 valence electrons. The molecule has 0 unspecified atom stereocenters.